The molecule has 1 aliphatic rings. The molecule has 0 atom stereocenters. The van der Waals surface area contributed by atoms with E-state index in [0.29, 0.717) is 17.9 Å². The Kier molecular flexibility index (Phi) is 3.30. The van der Waals surface area contributed by atoms with Gasteiger partial charge < -0.3 is 9.88 Å². The van der Waals surface area contributed by atoms with Crippen LogP contribution >= 0.6 is 0 Å². The number of anilines is 1. The predicted molar refractivity (Wildman–Crippen MR) is 79.0 cm³/mol. The van der Waals surface area contributed by atoms with E-state index in [2.05, 4.69) is 5.32 Å². The summed E-state index contributed by atoms with van der Waals surface area (Å²) >= 11 is 0. The SMILES string of the molecule is CCn1cc(C=O)c2cc(NC(=O)CC3CC3)ccc21. The Balaban J connectivity index is 1.88. The minimum Gasteiger partial charge on any atom is -0.347 e. The van der Waals surface area contributed by atoms with Crippen LogP contribution < -0.4 is 5.32 Å². The van der Waals surface area contributed by atoms with Gasteiger partial charge in [-0.15, -0.1) is 0 Å². The molecule has 0 bridgehead atoms. The fraction of sp³-hybridized carbons (Fsp3) is 0.375. The second kappa shape index (κ2) is 5.12. The number of hydrogen-bond donors (Lipinski definition) is 1. The van der Waals surface area contributed by atoms with Crippen molar-refractivity contribution in [1.29, 1.82) is 0 Å². The Morgan fingerprint density at radius 2 is 2.25 bits per heavy atom. The maximum Gasteiger partial charge on any atom is 0.224 e. The Bertz CT molecular complexity index is 668. The first kappa shape index (κ1) is 12.9. The van der Waals surface area contributed by atoms with Gasteiger partial charge in [0.25, 0.3) is 0 Å². The standard InChI is InChI=1S/C16H18N2O2/c1-2-18-9-12(10-19)14-8-13(5-6-15(14)18)17-16(20)7-11-3-4-11/h5-6,8-11H,2-4,7H2,1H3,(H,17,20). The number of aldehydes is 1. The van der Waals surface area contributed by atoms with E-state index < -0.39 is 0 Å². The van der Waals surface area contributed by atoms with Crippen LogP contribution in [0.25, 0.3) is 10.9 Å². The average Bonchev–Trinajstić information content (AvgIpc) is 3.18. The normalized spacial score (nSPS) is 14.4. The van der Waals surface area contributed by atoms with E-state index in [1.165, 1.54) is 12.8 Å². The van der Waals surface area contributed by atoms with Crippen molar-refractivity contribution in [3.8, 4) is 0 Å². The first-order valence-corrected chi connectivity index (χ1v) is 7.09. The number of benzene rings is 1. The summed E-state index contributed by atoms with van der Waals surface area (Å²) in [5.41, 5.74) is 2.45. The lowest BCUT2D eigenvalue weighted by Gasteiger charge is -2.06. The third-order valence-corrected chi connectivity index (χ3v) is 3.83. The Morgan fingerprint density at radius 3 is 2.90 bits per heavy atom. The lowest BCUT2D eigenvalue weighted by molar-refractivity contribution is -0.116. The van der Waals surface area contributed by atoms with Crippen LogP contribution in [0.15, 0.2) is 24.4 Å². The van der Waals surface area contributed by atoms with E-state index in [1.807, 2.05) is 35.9 Å². The van der Waals surface area contributed by atoms with Crippen LogP contribution in [0.1, 0.15) is 36.5 Å². The summed E-state index contributed by atoms with van der Waals surface area (Å²) in [6, 6.07) is 5.74. The maximum absolute atomic E-state index is 11.8. The third-order valence-electron chi connectivity index (χ3n) is 3.83. The fourth-order valence-electron chi connectivity index (χ4n) is 2.55. The number of rotatable bonds is 5. The minimum absolute atomic E-state index is 0.0643. The third kappa shape index (κ3) is 2.46. The second-order valence-electron chi connectivity index (χ2n) is 5.42. The molecule has 4 nitrogen and oxygen atoms in total. The quantitative estimate of drug-likeness (QED) is 0.848. The summed E-state index contributed by atoms with van der Waals surface area (Å²) in [4.78, 5) is 23.0. The molecule has 0 radical (unpaired) electrons. The van der Waals surface area contributed by atoms with E-state index in [1.54, 1.807) is 0 Å². The molecule has 0 spiro atoms. The van der Waals surface area contributed by atoms with Gasteiger partial charge in [0.2, 0.25) is 5.91 Å². The highest BCUT2D eigenvalue weighted by molar-refractivity contribution is 6.01. The van der Waals surface area contributed by atoms with E-state index in [4.69, 9.17) is 0 Å². The number of nitrogens with zero attached hydrogens (tertiary/aromatic N) is 1. The molecule has 4 heteroatoms. The number of aromatic nitrogens is 1. The van der Waals surface area contributed by atoms with E-state index in [0.717, 1.165) is 29.4 Å². The van der Waals surface area contributed by atoms with Crippen molar-refractivity contribution in [3.63, 3.8) is 0 Å². The monoisotopic (exact) mass is 270 g/mol. The molecule has 1 aromatic carbocycles. The number of carbonyl (C=O) groups is 2. The van der Waals surface area contributed by atoms with Gasteiger partial charge in [-0.2, -0.15) is 0 Å². The number of aryl methyl sites for hydroxylation is 1. The Morgan fingerprint density at radius 1 is 1.45 bits per heavy atom. The molecule has 0 aliphatic heterocycles. The number of hydrogen-bond acceptors (Lipinski definition) is 2. The van der Waals surface area contributed by atoms with Crippen molar-refractivity contribution < 1.29 is 9.59 Å². The highest BCUT2D eigenvalue weighted by Crippen LogP contribution is 2.32. The van der Waals surface area contributed by atoms with Crippen LogP contribution in [-0.4, -0.2) is 16.8 Å². The largest absolute Gasteiger partial charge is 0.347 e. The summed E-state index contributed by atoms with van der Waals surface area (Å²) in [5, 5.41) is 3.81. The van der Waals surface area contributed by atoms with Crippen molar-refractivity contribution in [2.45, 2.75) is 32.7 Å². The fourth-order valence-corrected chi connectivity index (χ4v) is 2.55. The van der Waals surface area contributed by atoms with E-state index in [-0.39, 0.29) is 5.91 Å². The molecule has 1 fully saturated rings. The zero-order valence-electron chi connectivity index (χ0n) is 11.6. The number of nitrogens with one attached hydrogen (secondary N) is 1. The summed E-state index contributed by atoms with van der Waals surface area (Å²) < 4.78 is 2.04. The predicted octanol–water partition coefficient (Wildman–Crippen LogP) is 3.21. The molecule has 20 heavy (non-hydrogen) atoms. The van der Waals surface area contributed by atoms with E-state index in [9.17, 15) is 9.59 Å². The molecular formula is C16H18N2O2. The van der Waals surface area contributed by atoms with Crippen molar-refractivity contribution in [2.24, 2.45) is 5.92 Å². The number of carbonyl (C=O) groups excluding carboxylic acids is 2. The molecule has 1 aliphatic carbocycles. The van der Waals surface area contributed by atoms with Gasteiger partial charge in [-0.25, -0.2) is 0 Å². The van der Waals surface area contributed by atoms with Crippen molar-refractivity contribution >= 4 is 28.8 Å². The van der Waals surface area contributed by atoms with Gasteiger partial charge in [0.1, 0.15) is 0 Å². The molecule has 1 saturated carbocycles. The van der Waals surface area contributed by atoms with Gasteiger partial charge in [0, 0.05) is 41.3 Å². The van der Waals surface area contributed by atoms with Crippen LogP contribution in [0.5, 0.6) is 0 Å². The molecule has 0 saturated heterocycles. The smallest absolute Gasteiger partial charge is 0.224 e. The van der Waals surface area contributed by atoms with E-state index >= 15 is 0 Å². The Hall–Kier alpha value is -2.10. The molecule has 2 aromatic rings. The molecule has 1 amide bonds. The first-order chi connectivity index (χ1) is 9.71. The molecule has 0 unspecified atom stereocenters. The highest BCUT2D eigenvalue weighted by Gasteiger charge is 2.24. The zero-order valence-corrected chi connectivity index (χ0v) is 11.6. The molecule has 1 aromatic heterocycles. The van der Waals surface area contributed by atoms with Gasteiger partial charge in [0.05, 0.1) is 0 Å². The van der Waals surface area contributed by atoms with Crippen molar-refractivity contribution in [3.05, 3.63) is 30.0 Å². The van der Waals surface area contributed by atoms with Gasteiger partial charge in [-0.05, 0) is 43.9 Å². The lowest BCUT2D eigenvalue weighted by atomic mass is 10.1. The van der Waals surface area contributed by atoms with Crippen LogP contribution in [0, 0.1) is 5.92 Å². The van der Waals surface area contributed by atoms with Gasteiger partial charge >= 0.3 is 0 Å². The van der Waals surface area contributed by atoms with Crippen LogP contribution in [0.3, 0.4) is 0 Å². The first-order valence-electron chi connectivity index (χ1n) is 7.09. The molecular weight excluding hydrogens is 252 g/mol. The topological polar surface area (TPSA) is 51.1 Å². The number of fused-ring (bicyclic) bond motifs is 1. The molecule has 104 valence electrons. The zero-order chi connectivity index (χ0) is 14.1. The van der Waals surface area contributed by atoms with Crippen molar-refractivity contribution in [2.75, 3.05) is 5.32 Å². The molecule has 1 N–H and O–H groups in total. The summed E-state index contributed by atoms with van der Waals surface area (Å²) in [5.74, 6) is 0.639. The van der Waals surface area contributed by atoms with Crippen molar-refractivity contribution in [1.82, 2.24) is 4.57 Å². The minimum atomic E-state index is 0.0643. The second-order valence-corrected chi connectivity index (χ2v) is 5.42. The average molecular weight is 270 g/mol. The lowest BCUT2D eigenvalue weighted by Crippen LogP contribution is -2.11. The summed E-state index contributed by atoms with van der Waals surface area (Å²) in [7, 11) is 0. The van der Waals surface area contributed by atoms with Gasteiger partial charge in [0.15, 0.2) is 6.29 Å². The maximum atomic E-state index is 11.8. The summed E-state index contributed by atoms with van der Waals surface area (Å²) in [6.07, 6.45) is 5.66. The number of amides is 1. The van der Waals surface area contributed by atoms with Crippen LogP contribution in [0.4, 0.5) is 5.69 Å². The molecule has 1 heterocycles. The van der Waals surface area contributed by atoms with Gasteiger partial charge in [-0.3, -0.25) is 9.59 Å². The van der Waals surface area contributed by atoms with Gasteiger partial charge in [-0.1, -0.05) is 0 Å². The van der Waals surface area contributed by atoms with Crippen LogP contribution in [-0.2, 0) is 11.3 Å². The highest BCUT2D eigenvalue weighted by atomic mass is 16.1. The van der Waals surface area contributed by atoms with Crippen LogP contribution in [0.2, 0.25) is 0 Å². The Labute approximate surface area is 117 Å². The summed E-state index contributed by atoms with van der Waals surface area (Å²) in [6.45, 7) is 2.86. The molecule has 3 rings (SSSR count).